The van der Waals surface area contributed by atoms with Crippen molar-refractivity contribution in [3.63, 3.8) is 0 Å². The molecule has 1 aliphatic rings. The zero-order valence-corrected chi connectivity index (χ0v) is 11.5. The van der Waals surface area contributed by atoms with Gasteiger partial charge in [-0.15, -0.1) is 0 Å². The van der Waals surface area contributed by atoms with Crippen LogP contribution in [-0.2, 0) is 0 Å². The van der Waals surface area contributed by atoms with Gasteiger partial charge in [0.15, 0.2) is 0 Å². The van der Waals surface area contributed by atoms with E-state index in [-0.39, 0.29) is 0 Å². The number of benzene rings is 1. The van der Waals surface area contributed by atoms with Crippen molar-refractivity contribution in [1.82, 2.24) is 4.90 Å². The topological polar surface area (TPSA) is 29.3 Å². The second-order valence-corrected chi connectivity index (χ2v) is 5.79. The van der Waals surface area contributed by atoms with Gasteiger partial charge in [-0.3, -0.25) is 0 Å². The monoisotopic (exact) mass is 232 g/mol. The third-order valence-electron chi connectivity index (χ3n) is 4.12. The molecule has 1 aliphatic carbocycles. The van der Waals surface area contributed by atoms with Crippen LogP contribution in [0.2, 0.25) is 0 Å². The summed E-state index contributed by atoms with van der Waals surface area (Å²) in [4.78, 5) is 2.33. The number of nitrogens with two attached hydrogens (primary N) is 1. The van der Waals surface area contributed by atoms with Crippen molar-refractivity contribution in [2.45, 2.75) is 32.7 Å². The van der Waals surface area contributed by atoms with Crippen molar-refractivity contribution in [2.24, 2.45) is 11.1 Å². The summed E-state index contributed by atoms with van der Waals surface area (Å²) in [5.74, 6) is 0. The average Bonchev–Trinajstić information content (AvgIpc) is 3.02. The molecule has 0 aromatic heterocycles. The van der Waals surface area contributed by atoms with Gasteiger partial charge in [0.2, 0.25) is 0 Å². The zero-order chi connectivity index (χ0) is 12.6. The van der Waals surface area contributed by atoms with Crippen LogP contribution in [0.3, 0.4) is 0 Å². The van der Waals surface area contributed by atoms with E-state index in [0.717, 1.165) is 6.54 Å². The molecular formula is C15H24N2. The van der Waals surface area contributed by atoms with E-state index in [1.54, 1.807) is 0 Å². The Kier molecular flexibility index (Phi) is 3.28. The first kappa shape index (κ1) is 12.6. The minimum atomic E-state index is 0.323. The standard InChI is InChI=1S/C15H24N2/c1-11-5-6-13(12(2)9-11)14(17(3)4)15(10-16)7-8-15/h5-6,9,14H,7-8,10,16H2,1-4H3. The predicted octanol–water partition coefficient (Wildman–Crippen LogP) is 2.65. The van der Waals surface area contributed by atoms with Crippen LogP contribution >= 0.6 is 0 Å². The highest BCUT2D eigenvalue weighted by Crippen LogP contribution is 2.56. The van der Waals surface area contributed by atoms with Crippen molar-refractivity contribution in [1.29, 1.82) is 0 Å². The molecule has 0 radical (unpaired) electrons. The van der Waals surface area contributed by atoms with Gasteiger partial charge < -0.3 is 10.6 Å². The maximum Gasteiger partial charge on any atom is 0.0412 e. The molecule has 0 spiro atoms. The number of nitrogens with zero attached hydrogens (tertiary/aromatic N) is 1. The molecule has 17 heavy (non-hydrogen) atoms. The summed E-state index contributed by atoms with van der Waals surface area (Å²) >= 11 is 0. The minimum Gasteiger partial charge on any atom is -0.330 e. The van der Waals surface area contributed by atoms with Crippen LogP contribution in [0.25, 0.3) is 0 Å². The Labute approximate surface area is 105 Å². The largest absolute Gasteiger partial charge is 0.330 e. The van der Waals surface area contributed by atoms with E-state index in [4.69, 9.17) is 5.73 Å². The summed E-state index contributed by atoms with van der Waals surface area (Å²) in [5, 5.41) is 0. The van der Waals surface area contributed by atoms with Crippen molar-refractivity contribution in [2.75, 3.05) is 20.6 Å². The van der Waals surface area contributed by atoms with E-state index in [2.05, 4.69) is 51.0 Å². The average molecular weight is 232 g/mol. The molecule has 1 unspecified atom stereocenters. The molecule has 2 N–H and O–H groups in total. The second-order valence-electron chi connectivity index (χ2n) is 5.79. The van der Waals surface area contributed by atoms with Crippen molar-refractivity contribution in [3.8, 4) is 0 Å². The molecule has 1 saturated carbocycles. The molecule has 94 valence electrons. The molecule has 1 aromatic carbocycles. The SMILES string of the molecule is Cc1ccc(C(N(C)C)C2(CN)CC2)c(C)c1. The number of rotatable bonds is 4. The Bertz CT molecular complexity index is 405. The first-order valence-electron chi connectivity index (χ1n) is 6.44. The van der Waals surface area contributed by atoms with E-state index >= 15 is 0 Å². The third kappa shape index (κ3) is 2.24. The molecule has 0 heterocycles. The normalized spacial score (nSPS) is 19.4. The molecule has 1 fully saturated rings. The van der Waals surface area contributed by atoms with Gasteiger partial charge in [0, 0.05) is 11.5 Å². The second kappa shape index (κ2) is 4.43. The predicted molar refractivity (Wildman–Crippen MR) is 73.1 cm³/mol. The van der Waals surface area contributed by atoms with Gasteiger partial charge in [-0.25, -0.2) is 0 Å². The fourth-order valence-corrected chi connectivity index (χ4v) is 3.04. The molecule has 2 heteroatoms. The third-order valence-corrected chi connectivity index (χ3v) is 4.12. The van der Waals surface area contributed by atoms with Crippen LogP contribution in [-0.4, -0.2) is 25.5 Å². The van der Waals surface area contributed by atoms with E-state index in [9.17, 15) is 0 Å². The van der Waals surface area contributed by atoms with Gasteiger partial charge in [0.05, 0.1) is 0 Å². The zero-order valence-electron chi connectivity index (χ0n) is 11.5. The Morgan fingerprint density at radius 2 is 1.94 bits per heavy atom. The van der Waals surface area contributed by atoms with E-state index in [1.165, 1.54) is 29.5 Å². The van der Waals surface area contributed by atoms with E-state index in [1.807, 2.05) is 0 Å². The molecule has 2 rings (SSSR count). The molecular weight excluding hydrogens is 208 g/mol. The van der Waals surface area contributed by atoms with Gasteiger partial charge in [-0.05, 0) is 58.5 Å². The Hall–Kier alpha value is -0.860. The molecule has 0 bridgehead atoms. The van der Waals surface area contributed by atoms with Crippen LogP contribution in [0.5, 0.6) is 0 Å². The fourth-order valence-electron chi connectivity index (χ4n) is 3.04. The maximum absolute atomic E-state index is 6.00. The summed E-state index contributed by atoms with van der Waals surface area (Å²) in [6.07, 6.45) is 2.53. The highest BCUT2D eigenvalue weighted by atomic mass is 15.1. The smallest absolute Gasteiger partial charge is 0.0412 e. The summed E-state index contributed by atoms with van der Waals surface area (Å²) in [5.41, 5.74) is 10.5. The first-order chi connectivity index (χ1) is 8.00. The highest BCUT2D eigenvalue weighted by Gasteiger charge is 2.49. The molecule has 0 aliphatic heterocycles. The van der Waals surface area contributed by atoms with Crippen molar-refractivity contribution < 1.29 is 0 Å². The Morgan fingerprint density at radius 3 is 2.35 bits per heavy atom. The molecule has 0 amide bonds. The maximum atomic E-state index is 6.00. The van der Waals surface area contributed by atoms with E-state index < -0.39 is 0 Å². The van der Waals surface area contributed by atoms with Gasteiger partial charge in [-0.2, -0.15) is 0 Å². The van der Waals surface area contributed by atoms with Crippen LogP contribution in [0.4, 0.5) is 0 Å². The summed E-state index contributed by atoms with van der Waals surface area (Å²) in [7, 11) is 4.33. The van der Waals surface area contributed by atoms with Crippen LogP contribution < -0.4 is 5.73 Å². The number of aryl methyl sites for hydroxylation is 2. The molecule has 1 atom stereocenters. The molecule has 1 aromatic rings. The van der Waals surface area contributed by atoms with Crippen molar-refractivity contribution >= 4 is 0 Å². The van der Waals surface area contributed by atoms with Crippen LogP contribution in [0, 0.1) is 19.3 Å². The lowest BCUT2D eigenvalue weighted by Crippen LogP contribution is -2.34. The molecule has 0 saturated heterocycles. The first-order valence-corrected chi connectivity index (χ1v) is 6.44. The summed E-state index contributed by atoms with van der Waals surface area (Å²) in [6, 6.07) is 7.24. The highest BCUT2D eigenvalue weighted by molar-refractivity contribution is 5.35. The quantitative estimate of drug-likeness (QED) is 0.864. The lowest BCUT2D eigenvalue weighted by atomic mass is 9.86. The van der Waals surface area contributed by atoms with Gasteiger partial charge in [0.25, 0.3) is 0 Å². The Balaban J connectivity index is 2.40. The lowest BCUT2D eigenvalue weighted by molar-refractivity contribution is 0.198. The van der Waals surface area contributed by atoms with Crippen LogP contribution in [0.1, 0.15) is 35.6 Å². The summed E-state index contributed by atoms with van der Waals surface area (Å²) in [6.45, 7) is 5.16. The Morgan fingerprint density at radius 1 is 1.29 bits per heavy atom. The fraction of sp³-hybridized carbons (Fsp3) is 0.600. The van der Waals surface area contributed by atoms with Gasteiger partial charge >= 0.3 is 0 Å². The minimum absolute atomic E-state index is 0.323. The van der Waals surface area contributed by atoms with E-state index in [0.29, 0.717) is 11.5 Å². The van der Waals surface area contributed by atoms with Gasteiger partial charge in [-0.1, -0.05) is 23.8 Å². The van der Waals surface area contributed by atoms with Crippen LogP contribution in [0.15, 0.2) is 18.2 Å². The number of hydrogen-bond acceptors (Lipinski definition) is 2. The number of hydrogen-bond donors (Lipinski definition) is 1. The lowest BCUT2D eigenvalue weighted by Gasteiger charge is -2.33. The van der Waals surface area contributed by atoms with Gasteiger partial charge in [0.1, 0.15) is 0 Å². The summed E-state index contributed by atoms with van der Waals surface area (Å²) < 4.78 is 0. The van der Waals surface area contributed by atoms with Crippen molar-refractivity contribution in [3.05, 3.63) is 34.9 Å². The molecule has 2 nitrogen and oxygen atoms in total.